The number of nitrogens with zero attached hydrogens (tertiary/aromatic N) is 1. The molecule has 1 heterocycles. The molecule has 110 valence electrons. The van der Waals surface area contributed by atoms with Crippen LogP contribution in [-0.2, 0) is 14.8 Å². The zero-order valence-electron chi connectivity index (χ0n) is 10.2. The topological polar surface area (TPSA) is 121 Å². The van der Waals surface area contributed by atoms with E-state index in [4.69, 9.17) is 10.2 Å². The van der Waals surface area contributed by atoms with Crippen molar-refractivity contribution >= 4 is 21.7 Å². The van der Waals surface area contributed by atoms with E-state index in [0.29, 0.717) is 0 Å². The first-order chi connectivity index (χ1) is 9.20. The molecule has 7 nitrogen and oxygen atoms in total. The van der Waals surface area contributed by atoms with E-state index in [1.165, 1.54) is 4.90 Å². The number of halogens is 1. The Bertz CT molecular complexity index is 648. The Kier molecular flexibility index (Phi) is 3.67. The number of aliphatic carboxylic acids is 1. The van der Waals surface area contributed by atoms with E-state index in [1.54, 1.807) is 0 Å². The summed E-state index contributed by atoms with van der Waals surface area (Å²) < 4.78 is 36.2. The number of carboxylic acid groups (broad SMARTS) is 1. The number of aliphatic hydroxyl groups excluding tert-OH is 1. The Morgan fingerprint density at radius 3 is 2.60 bits per heavy atom. The lowest BCUT2D eigenvalue weighted by atomic mass is 10.2. The average molecular weight is 304 g/mol. The molecule has 2 unspecified atom stereocenters. The van der Waals surface area contributed by atoms with Crippen molar-refractivity contribution in [1.82, 2.24) is 0 Å². The van der Waals surface area contributed by atoms with Crippen LogP contribution in [-0.4, -0.2) is 43.3 Å². The Hall–Kier alpha value is -1.71. The van der Waals surface area contributed by atoms with Gasteiger partial charge in [-0.1, -0.05) is 0 Å². The summed E-state index contributed by atoms with van der Waals surface area (Å²) >= 11 is 0. The van der Waals surface area contributed by atoms with Crippen molar-refractivity contribution in [2.75, 3.05) is 11.4 Å². The lowest BCUT2D eigenvalue weighted by Gasteiger charge is -2.24. The van der Waals surface area contributed by atoms with Gasteiger partial charge < -0.3 is 15.1 Å². The molecule has 1 fully saturated rings. The number of nitrogens with two attached hydrogens (primary N) is 1. The smallest absolute Gasteiger partial charge is 0.326 e. The third-order valence-corrected chi connectivity index (χ3v) is 4.03. The summed E-state index contributed by atoms with van der Waals surface area (Å²) in [7, 11) is -4.03. The Balaban J connectivity index is 2.41. The average Bonchev–Trinajstić information content (AvgIpc) is 2.70. The first-order valence-corrected chi connectivity index (χ1v) is 7.24. The minimum absolute atomic E-state index is 0.0221. The fourth-order valence-corrected chi connectivity index (χ4v) is 2.74. The van der Waals surface area contributed by atoms with Crippen molar-refractivity contribution in [3.63, 3.8) is 0 Å². The van der Waals surface area contributed by atoms with Crippen LogP contribution in [0.3, 0.4) is 0 Å². The summed E-state index contributed by atoms with van der Waals surface area (Å²) in [5, 5.41) is 23.4. The summed E-state index contributed by atoms with van der Waals surface area (Å²) in [5.41, 5.74) is -0.0821. The number of benzene rings is 1. The highest BCUT2D eigenvalue weighted by Gasteiger charge is 2.37. The van der Waals surface area contributed by atoms with Crippen LogP contribution in [0.4, 0.5) is 10.1 Å². The second-order valence-corrected chi connectivity index (χ2v) is 6.12. The fraction of sp³-hybridized carbons (Fsp3) is 0.364. The van der Waals surface area contributed by atoms with Crippen LogP contribution in [0.5, 0.6) is 0 Å². The molecule has 1 aromatic carbocycles. The van der Waals surface area contributed by atoms with E-state index >= 15 is 0 Å². The number of aliphatic hydroxyl groups is 1. The van der Waals surface area contributed by atoms with Crippen LogP contribution in [0.1, 0.15) is 6.42 Å². The number of primary sulfonamides is 1. The molecule has 0 spiro atoms. The summed E-state index contributed by atoms with van der Waals surface area (Å²) in [6, 6.07) is 1.91. The molecule has 0 aliphatic carbocycles. The quantitative estimate of drug-likeness (QED) is 0.692. The van der Waals surface area contributed by atoms with Gasteiger partial charge in [0.25, 0.3) is 0 Å². The third-order valence-electron chi connectivity index (χ3n) is 3.12. The third kappa shape index (κ3) is 2.74. The van der Waals surface area contributed by atoms with Gasteiger partial charge in [-0.25, -0.2) is 22.7 Å². The standard InChI is InChI=1S/C11H13FN2O5S/c12-8-4-7(20(13,18)19)1-2-9(8)14-5-6(15)3-10(14)11(16)17/h1-2,4,6,10,15H,3,5H2,(H,16,17)(H2,13,18,19). The van der Waals surface area contributed by atoms with E-state index in [-0.39, 0.29) is 18.7 Å². The van der Waals surface area contributed by atoms with Gasteiger partial charge in [-0.3, -0.25) is 0 Å². The van der Waals surface area contributed by atoms with Gasteiger partial charge in [-0.15, -0.1) is 0 Å². The summed E-state index contributed by atoms with van der Waals surface area (Å²) in [6.45, 7) is -0.0391. The number of carboxylic acids is 1. The molecule has 4 N–H and O–H groups in total. The molecule has 0 aromatic heterocycles. The van der Waals surface area contributed by atoms with Gasteiger partial charge in [-0.2, -0.15) is 0 Å². The molecule has 2 rings (SSSR count). The van der Waals surface area contributed by atoms with Gasteiger partial charge in [0, 0.05) is 13.0 Å². The van der Waals surface area contributed by atoms with E-state index < -0.39 is 38.9 Å². The van der Waals surface area contributed by atoms with Crippen molar-refractivity contribution in [1.29, 1.82) is 0 Å². The minimum atomic E-state index is -4.03. The van der Waals surface area contributed by atoms with Crippen LogP contribution in [0, 0.1) is 5.82 Å². The molecule has 2 atom stereocenters. The summed E-state index contributed by atoms with van der Waals surface area (Å²) in [5.74, 6) is -2.09. The van der Waals surface area contributed by atoms with E-state index in [1.807, 2.05) is 0 Å². The van der Waals surface area contributed by atoms with E-state index in [0.717, 1.165) is 18.2 Å². The van der Waals surface area contributed by atoms with Crippen molar-refractivity contribution in [2.45, 2.75) is 23.5 Å². The zero-order chi connectivity index (χ0) is 15.1. The predicted molar refractivity (Wildman–Crippen MR) is 67.2 cm³/mol. The molecule has 0 amide bonds. The van der Waals surface area contributed by atoms with Crippen LogP contribution >= 0.6 is 0 Å². The van der Waals surface area contributed by atoms with Gasteiger partial charge in [0.1, 0.15) is 11.9 Å². The summed E-state index contributed by atoms with van der Waals surface area (Å²) in [4.78, 5) is 11.9. The van der Waals surface area contributed by atoms with Gasteiger partial charge in [-0.05, 0) is 18.2 Å². The monoisotopic (exact) mass is 304 g/mol. The van der Waals surface area contributed by atoms with E-state index in [2.05, 4.69) is 0 Å². The maximum atomic E-state index is 14.0. The Labute approximate surface area is 114 Å². The van der Waals surface area contributed by atoms with Crippen molar-refractivity contribution in [3.05, 3.63) is 24.0 Å². The summed E-state index contributed by atoms with van der Waals surface area (Å²) in [6.07, 6.45) is -0.903. The normalized spacial score (nSPS) is 23.1. The SMILES string of the molecule is NS(=O)(=O)c1ccc(N2CC(O)CC2C(=O)O)c(F)c1. The second kappa shape index (κ2) is 5.00. The van der Waals surface area contributed by atoms with Gasteiger partial charge in [0.15, 0.2) is 0 Å². The first-order valence-electron chi connectivity index (χ1n) is 5.70. The van der Waals surface area contributed by atoms with Crippen LogP contribution in [0.2, 0.25) is 0 Å². The number of rotatable bonds is 3. The molecule has 1 aliphatic heterocycles. The van der Waals surface area contributed by atoms with Gasteiger partial charge in [0.2, 0.25) is 10.0 Å². The number of β-amino-alcohol motifs (C(OH)–C–C–N with tert-alkyl or cyclic N) is 1. The highest BCUT2D eigenvalue weighted by Crippen LogP contribution is 2.29. The number of hydrogen-bond acceptors (Lipinski definition) is 5. The molecule has 0 saturated carbocycles. The zero-order valence-corrected chi connectivity index (χ0v) is 11.0. The lowest BCUT2D eigenvalue weighted by Crippen LogP contribution is -2.36. The maximum absolute atomic E-state index is 14.0. The largest absolute Gasteiger partial charge is 0.480 e. The molecular formula is C11H13FN2O5S. The Morgan fingerprint density at radius 2 is 2.10 bits per heavy atom. The first kappa shape index (κ1) is 14.7. The highest BCUT2D eigenvalue weighted by molar-refractivity contribution is 7.89. The minimum Gasteiger partial charge on any atom is -0.480 e. The molecule has 1 aromatic rings. The number of sulfonamides is 1. The van der Waals surface area contributed by atoms with Crippen molar-refractivity contribution in [3.8, 4) is 0 Å². The lowest BCUT2D eigenvalue weighted by molar-refractivity contribution is -0.138. The van der Waals surface area contributed by atoms with Gasteiger partial charge in [0.05, 0.1) is 16.7 Å². The van der Waals surface area contributed by atoms with Crippen molar-refractivity contribution in [2.24, 2.45) is 5.14 Å². The second-order valence-electron chi connectivity index (χ2n) is 4.55. The molecular weight excluding hydrogens is 291 g/mol. The van der Waals surface area contributed by atoms with E-state index in [9.17, 15) is 22.7 Å². The molecule has 0 bridgehead atoms. The molecule has 1 aliphatic rings. The van der Waals surface area contributed by atoms with Gasteiger partial charge >= 0.3 is 5.97 Å². The van der Waals surface area contributed by atoms with Crippen LogP contribution < -0.4 is 10.0 Å². The molecule has 1 saturated heterocycles. The highest BCUT2D eigenvalue weighted by atomic mass is 32.2. The van der Waals surface area contributed by atoms with Crippen molar-refractivity contribution < 1.29 is 27.8 Å². The predicted octanol–water partition coefficient (Wildman–Crippen LogP) is -0.503. The van der Waals surface area contributed by atoms with Crippen LogP contribution in [0.25, 0.3) is 0 Å². The fourth-order valence-electron chi connectivity index (χ4n) is 2.21. The van der Waals surface area contributed by atoms with Crippen LogP contribution in [0.15, 0.2) is 23.1 Å². The number of hydrogen-bond donors (Lipinski definition) is 3. The number of anilines is 1. The molecule has 9 heteroatoms. The maximum Gasteiger partial charge on any atom is 0.326 e. The Morgan fingerprint density at radius 1 is 1.45 bits per heavy atom. The molecule has 0 radical (unpaired) electrons. The number of carbonyl (C=O) groups is 1. The molecule has 20 heavy (non-hydrogen) atoms.